The Morgan fingerprint density at radius 1 is 0.412 bits per heavy atom. The van der Waals surface area contributed by atoms with E-state index in [4.69, 9.17) is 86.8 Å². The van der Waals surface area contributed by atoms with Crippen LogP contribution < -0.4 is 0 Å². The number of aliphatic hydroxyl groups excluding tert-OH is 5. The fourth-order valence-corrected chi connectivity index (χ4v) is 2.74. The van der Waals surface area contributed by atoms with Crippen molar-refractivity contribution in [2.45, 2.75) is 73.6 Å². The van der Waals surface area contributed by atoms with Crippen LogP contribution in [0.1, 0.15) is 38.5 Å². The molecule has 0 aliphatic carbocycles. The summed E-state index contributed by atoms with van der Waals surface area (Å²) in [5, 5.41) is 144. The standard InChI is InChI=1S/3C6H8O7.C6H12O6/c3*7-3(8)1-6(13,5(11)12)2-4(9)10;7-1-3(9)5(11)6(12)4(10)2-8/h3*13H,1-2H2,(H,7,8)(H,9,10)(H,11,12);3,5-9,11-12H,1-2H2/t;;;3-,5-,6-/m...1/s1. The minimum absolute atomic E-state index is 0.767. The Kier molecular flexibility index (Phi) is 24.5. The van der Waals surface area contributed by atoms with Gasteiger partial charge in [0.15, 0.2) is 22.6 Å². The summed E-state index contributed by atoms with van der Waals surface area (Å²) in [6.07, 6.45) is -12.1. The zero-order valence-electron chi connectivity index (χ0n) is 25.6. The average molecular weight is 757 g/mol. The smallest absolute Gasteiger partial charge is 0.336 e. The predicted molar refractivity (Wildman–Crippen MR) is 148 cm³/mol. The minimum atomic E-state index is -2.74. The van der Waals surface area contributed by atoms with E-state index < -0.39 is 146 Å². The van der Waals surface area contributed by atoms with Crippen LogP contribution in [0.25, 0.3) is 0 Å². The number of aliphatic carboxylic acids is 9. The molecule has 17 N–H and O–H groups in total. The molecule has 0 aliphatic heterocycles. The third-order valence-corrected chi connectivity index (χ3v) is 5.25. The SMILES string of the molecule is O=C(CO)[C@@H](O)[C@H](O)[C@H](O)CO.O=C(O)CC(O)(CC(=O)O)C(=O)O.O=C(O)CC(O)(CC(=O)O)C(=O)O.O=C(O)CC(O)(CC(=O)O)C(=O)O. The molecule has 0 bridgehead atoms. The van der Waals surface area contributed by atoms with E-state index in [2.05, 4.69) is 0 Å². The predicted octanol–water partition coefficient (Wildman–Crippen LogP) is -7.12. The highest BCUT2D eigenvalue weighted by Gasteiger charge is 2.42. The summed E-state index contributed by atoms with van der Waals surface area (Å²) in [6, 6.07) is 0. The first-order valence-corrected chi connectivity index (χ1v) is 12.8. The van der Waals surface area contributed by atoms with E-state index in [1.54, 1.807) is 0 Å². The summed E-state index contributed by atoms with van der Waals surface area (Å²) < 4.78 is 0. The van der Waals surface area contributed by atoms with Crippen LogP contribution in [-0.2, 0) is 47.9 Å². The maximum absolute atomic E-state index is 10.5. The van der Waals surface area contributed by atoms with Crippen molar-refractivity contribution in [3.63, 3.8) is 0 Å². The summed E-state index contributed by atoms with van der Waals surface area (Å²) in [6.45, 7) is -1.69. The van der Waals surface area contributed by atoms with E-state index in [-0.39, 0.29) is 0 Å². The van der Waals surface area contributed by atoms with Crippen molar-refractivity contribution in [1.29, 1.82) is 0 Å². The van der Waals surface area contributed by atoms with Gasteiger partial charge in [-0.2, -0.15) is 0 Å². The highest BCUT2D eigenvalue weighted by molar-refractivity contribution is 5.89. The molecule has 0 saturated carbocycles. The van der Waals surface area contributed by atoms with Crippen molar-refractivity contribution in [2.75, 3.05) is 13.2 Å². The lowest BCUT2D eigenvalue weighted by Crippen LogP contribution is -2.44. The summed E-state index contributed by atoms with van der Waals surface area (Å²) in [5.74, 6) is -16.1. The lowest BCUT2D eigenvalue weighted by atomic mass is 9.96. The highest BCUT2D eigenvalue weighted by atomic mass is 16.4. The number of hydrogen-bond acceptors (Lipinski definition) is 18. The number of aliphatic hydroxyl groups is 8. The lowest BCUT2D eigenvalue weighted by Gasteiger charge is -2.19. The van der Waals surface area contributed by atoms with Crippen LogP contribution in [0.15, 0.2) is 0 Å². The van der Waals surface area contributed by atoms with E-state index in [0.29, 0.717) is 0 Å². The Morgan fingerprint density at radius 2 is 0.608 bits per heavy atom. The second-order valence-electron chi connectivity index (χ2n) is 9.74. The fraction of sp³-hybridized carbons (Fsp3) is 0.583. The molecule has 0 aromatic carbocycles. The molecule has 0 spiro atoms. The van der Waals surface area contributed by atoms with Gasteiger partial charge >= 0.3 is 53.7 Å². The molecule has 0 heterocycles. The summed E-state index contributed by atoms with van der Waals surface area (Å²) in [4.78, 5) is 102. The number of carbonyl (C=O) groups excluding carboxylic acids is 1. The van der Waals surface area contributed by atoms with Gasteiger partial charge in [-0.1, -0.05) is 0 Å². The van der Waals surface area contributed by atoms with Crippen molar-refractivity contribution >= 4 is 59.5 Å². The first-order chi connectivity index (χ1) is 22.9. The molecule has 27 nitrogen and oxygen atoms in total. The van der Waals surface area contributed by atoms with Crippen molar-refractivity contribution < 1.29 is 135 Å². The Bertz CT molecular complexity index is 1080. The van der Waals surface area contributed by atoms with E-state index in [0.717, 1.165) is 0 Å². The number of rotatable bonds is 20. The molecule has 0 radical (unpaired) electrons. The van der Waals surface area contributed by atoms with Crippen LogP contribution in [0.3, 0.4) is 0 Å². The molecule has 0 saturated heterocycles. The van der Waals surface area contributed by atoms with Crippen LogP contribution in [0.2, 0.25) is 0 Å². The van der Waals surface area contributed by atoms with E-state index in [9.17, 15) is 47.9 Å². The van der Waals surface area contributed by atoms with E-state index in [1.807, 2.05) is 0 Å². The van der Waals surface area contributed by atoms with E-state index >= 15 is 0 Å². The Balaban J connectivity index is -0.000000289. The zero-order valence-corrected chi connectivity index (χ0v) is 25.6. The van der Waals surface area contributed by atoms with Crippen LogP contribution in [0.4, 0.5) is 0 Å². The van der Waals surface area contributed by atoms with Gasteiger partial charge in [0.2, 0.25) is 0 Å². The molecule has 0 aromatic rings. The maximum Gasteiger partial charge on any atom is 0.336 e. The molecular formula is C24H36O27. The van der Waals surface area contributed by atoms with Crippen molar-refractivity contribution in [3.05, 3.63) is 0 Å². The van der Waals surface area contributed by atoms with Gasteiger partial charge in [0.25, 0.3) is 0 Å². The molecule has 0 amide bonds. The average Bonchev–Trinajstić information content (AvgIpc) is 2.93. The zero-order chi connectivity index (χ0) is 41.7. The number of carboxylic acids is 9. The molecular weight excluding hydrogens is 720 g/mol. The van der Waals surface area contributed by atoms with Crippen molar-refractivity contribution in [1.82, 2.24) is 0 Å². The van der Waals surface area contributed by atoms with Crippen LogP contribution in [0, 0.1) is 0 Å². The second kappa shape index (κ2) is 23.9. The molecule has 0 aliphatic rings. The molecule has 51 heavy (non-hydrogen) atoms. The van der Waals surface area contributed by atoms with Gasteiger partial charge < -0.3 is 86.8 Å². The number of carbonyl (C=O) groups is 10. The van der Waals surface area contributed by atoms with Gasteiger partial charge in [0.05, 0.1) is 45.1 Å². The highest BCUT2D eigenvalue weighted by Crippen LogP contribution is 2.17. The van der Waals surface area contributed by atoms with Crippen molar-refractivity contribution in [2.24, 2.45) is 0 Å². The normalized spacial score (nSPS) is 12.6. The largest absolute Gasteiger partial charge is 0.481 e. The van der Waals surface area contributed by atoms with E-state index in [1.165, 1.54) is 0 Å². The Hall–Kier alpha value is -5.42. The van der Waals surface area contributed by atoms with Gasteiger partial charge in [-0.3, -0.25) is 33.6 Å². The van der Waals surface area contributed by atoms with Gasteiger partial charge in [-0.05, 0) is 0 Å². The summed E-state index contributed by atoms with van der Waals surface area (Å²) in [5.41, 5.74) is -8.22. The monoisotopic (exact) mass is 756 g/mol. The molecule has 0 unspecified atom stereocenters. The first kappa shape index (κ1) is 52.4. The summed E-state index contributed by atoms with van der Waals surface area (Å²) >= 11 is 0. The van der Waals surface area contributed by atoms with Gasteiger partial charge in [0, 0.05) is 0 Å². The van der Waals surface area contributed by atoms with Gasteiger partial charge in [-0.15, -0.1) is 0 Å². The lowest BCUT2D eigenvalue weighted by molar-refractivity contribution is -0.170. The molecule has 3 atom stereocenters. The van der Waals surface area contributed by atoms with Crippen LogP contribution in [-0.4, -0.2) is 195 Å². The summed E-state index contributed by atoms with van der Waals surface area (Å²) in [7, 11) is 0. The topological polar surface area (TPSA) is 515 Å². The third-order valence-electron chi connectivity index (χ3n) is 5.25. The quantitative estimate of drug-likeness (QED) is 0.0548. The third kappa shape index (κ3) is 23.6. The molecule has 0 aromatic heterocycles. The number of carboxylic acid groups (broad SMARTS) is 9. The molecule has 0 rings (SSSR count). The Labute approximate surface area is 281 Å². The molecule has 294 valence electrons. The van der Waals surface area contributed by atoms with Crippen LogP contribution >= 0.6 is 0 Å². The second-order valence-corrected chi connectivity index (χ2v) is 9.74. The van der Waals surface area contributed by atoms with Gasteiger partial charge in [0.1, 0.15) is 24.9 Å². The molecule has 27 heteroatoms. The number of Topliss-reactive ketones (excluding diaryl/α,β-unsaturated/α-hetero) is 1. The first-order valence-electron chi connectivity index (χ1n) is 12.8. The number of ketones is 1. The maximum atomic E-state index is 10.5. The van der Waals surface area contributed by atoms with Crippen LogP contribution in [0.5, 0.6) is 0 Å². The van der Waals surface area contributed by atoms with Crippen molar-refractivity contribution in [3.8, 4) is 0 Å². The fourth-order valence-electron chi connectivity index (χ4n) is 2.74. The number of hydrogen-bond donors (Lipinski definition) is 17. The van der Waals surface area contributed by atoms with Gasteiger partial charge in [-0.25, -0.2) is 14.4 Å². The molecule has 0 fully saturated rings. The minimum Gasteiger partial charge on any atom is -0.481 e. The Morgan fingerprint density at radius 3 is 0.725 bits per heavy atom.